The highest BCUT2D eigenvalue weighted by Crippen LogP contribution is 2.09. The Morgan fingerprint density at radius 2 is 2.43 bits per heavy atom. The van der Waals surface area contributed by atoms with Gasteiger partial charge < -0.3 is 4.89 Å². The van der Waals surface area contributed by atoms with Crippen LogP contribution in [0.15, 0.2) is 6.08 Å². The third-order valence-corrected chi connectivity index (χ3v) is 0.913. The molecule has 4 heteroatoms. The highest BCUT2D eigenvalue weighted by Gasteiger charge is 1.82. The summed E-state index contributed by atoms with van der Waals surface area (Å²) in [5.74, 6) is 1.39. The predicted octanol–water partition coefficient (Wildman–Crippen LogP) is -0.159. The standard InChI is InChI=1S/C3H5O3P/c4-2-1-3-7(5)6/h1,7H,3H2,(H,5,6). The molecule has 1 unspecified atom stereocenters. The third kappa shape index (κ3) is 5.64. The monoisotopic (exact) mass is 120 g/mol. The normalized spacial score (nSPS) is 12.1. The Kier molecular flexibility index (Phi) is 3.62. The number of hydrogen-bond acceptors (Lipinski definition) is 2. The molecule has 0 radical (unpaired) electrons. The first-order chi connectivity index (χ1) is 3.27. The fourth-order valence-corrected chi connectivity index (χ4v) is 0.387. The SMILES string of the molecule is O=C=CC[PH](=O)O. The van der Waals surface area contributed by atoms with Crippen LogP contribution in [0.4, 0.5) is 0 Å². The van der Waals surface area contributed by atoms with Crippen molar-refractivity contribution < 1.29 is 14.3 Å². The Morgan fingerprint density at radius 1 is 1.86 bits per heavy atom. The molecule has 0 aliphatic heterocycles. The zero-order valence-electron chi connectivity index (χ0n) is 3.55. The van der Waals surface area contributed by atoms with Gasteiger partial charge in [0.2, 0.25) is 0 Å². The number of allylic oxidation sites excluding steroid dienone is 1. The van der Waals surface area contributed by atoms with Gasteiger partial charge in [-0.05, 0) is 0 Å². The van der Waals surface area contributed by atoms with E-state index in [1.165, 1.54) is 5.94 Å². The quantitative estimate of drug-likeness (QED) is 0.407. The van der Waals surface area contributed by atoms with Crippen LogP contribution in [0, 0.1) is 0 Å². The van der Waals surface area contributed by atoms with E-state index in [-0.39, 0.29) is 6.16 Å². The Hall–Kier alpha value is -0.360. The largest absolute Gasteiger partial charge is 0.346 e. The molecule has 1 atom stereocenters. The van der Waals surface area contributed by atoms with Crippen molar-refractivity contribution >= 4 is 14.0 Å². The first-order valence-electron chi connectivity index (χ1n) is 1.68. The van der Waals surface area contributed by atoms with E-state index in [2.05, 4.69) is 0 Å². The molecule has 0 spiro atoms. The average Bonchev–Trinajstić information content (AvgIpc) is 1.61. The maximum absolute atomic E-state index is 9.73. The summed E-state index contributed by atoms with van der Waals surface area (Å²) in [6.07, 6.45) is 0.954. The van der Waals surface area contributed by atoms with Crippen molar-refractivity contribution in [3.05, 3.63) is 6.08 Å². The van der Waals surface area contributed by atoms with Crippen LogP contribution in [0.25, 0.3) is 0 Å². The van der Waals surface area contributed by atoms with Gasteiger partial charge in [-0.25, -0.2) is 4.79 Å². The van der Waals surface area contributed by atoms with E-state index in [4.69, 9.17) is 4.89 Å². The van der Waals surface area contributed by atoms with Crippen LogP contribution in [0.1, 0.15) is 0 Å². The first kappa shape index (κ1) is 6.64. The molecule has 0 fully saturated rings. The molecule has 0 aliphatic carbocycles. The van der Waals surface area contributed by atoms with Crippen LogP contribution < -0.4 is 0 Å². The van der Waals surface area contributed by atoms with Crippen LogP contribution in [0.3, 0.4) is 0 Å². The highest BCUT2D eigenvalue weighted by molar-refractivity contribution is 7.38. The molecule has 0 aromatic rings. The minimum atomic E-state index is -2.47. The fraction of sp³-hybridized carbons (Fsp3) is 0.333. The van der Waals surface area contributed by atoms with Gasteiger partial charge in [-0.3, -0.25) is 4.57 Å². The topological polar surface area (TPSA) is 54.4 Å². The van der Waals surface area contributed by atoms with Gasteiger partial charge >= 0.3 is 0 Å². The molecule has 1 N–H and O–H groups in total. The highest BCUT2D eigenvalue weighted by atomic mass is 31.1. The molecular formula is C3H5O3P. The van der Waals surface area contributed by atoms with Gasteiger partial charge in [-0.2, -0.15) is 0 Å². The maximum atomic E-state index is 9.73. The van der Waals surface area contributed by atoms with Gasteiger partial charge in [0.05, 0.1) is 6.16 Å². The number of carbonyl (C=O) groups excluding carboxylic acids is 1. The molecule has 7 heavy (non-hydrogen) atoms. The van der Waals surface area contributed by atoms with E-state index in [9.17, 15) is 9.36 Å². The molecule has 0 rings (SSSR count). The molecule has 0 amide bonds. The van der Waals surface area contributed by atoms with E-state index in [1.807, 2.05) is 0 Å². The molecule has 0 saturated heterocycles. The predicted molar refractivity (Wildman–Crippen MR) is 26.4 cm³/mol. The fourth-order valence-electron chi connectivity index (χ4n) is 0.129. The second kappa shape index (κ2) is 3.82. The minimum Gasteiger partial charge on any atom is -0.346 e. The van der Waals surface area contributed by atoms with Crippen LogP contribution in [0.2, 0.25) is 0 Å². The molecule has 0 aromatic carbocycles. The summed E-state index contributed by atoms with van der Waals surface area (Å²) in [4.78, 5) is 17.3. The van der Waals surface area contributed by atoms with Crippen molar-refractivity contribution in [2.24, 2.45) is 0 Å². The zero-order valence-corrected chi connectivity index (χ0v) is 4.55. The molecular weight excluding hydrogens is 115 g/mol. The summed E-state index contributed by atoms with van der Waals surface area (Å²) in [6.45, 7) is 0. The van der Waals surface area contributed by atoms with E-state index in [0.29, 0.717) is 0 Å². The van der Waals surface area contributed by atoms with E-state index >= 15 is 0 Å². The van der Waals surface area contributed by atoms with E-state index in [1.54, 1.807) is 0 Å². The first-order valence-corrected chi connectivity index (χ1v) is 3.24. The van der Waals surface area contributed by atoms with Crippen molar-refractivity contribution in [2.45, 2.75) is 0 Å². The molecule has 0 aliphatic rings. The van der Waals surface area contributed by atoms with Crippen LogP contribution in [-0.2, 0) is 9.36 Å². The molecule has 0 saturated carbocycles. The second-order valence-corrected chi connectivity index (χ2v) is 2.12. The lowest BCUT2D eigenvalue weighted by atomic mass is 10.8. The summed E-state index contributed by atoms with van der Waals surface area (Å²) < 4.78 is 9.73. The summed E-state index contributed by atoms with van der Waals surface area (Å²) in [5, 5.41) is 0. The van der Waals surface area contributed by atoms with Crippen molar-refractivity contribution in [2.75, 3.05) is 6.16 Å². The van der Waals surface area contributed by atoms with Gasteiger partial charge in [0.25, 0.3) is 0 Å². The van der Waals surface area contributed by atoms with Crippen LogP contribution in [0.5, 0.6) is 0 Å². The van der Waals surface area contributed by atoms with Gasteiger partial charge in [-0.15, -0.1) is 0 Å². The summed E-state index contributed by atoms with van der Waals surface area (Å²) >= 11 is 0. The molecule has 0 heterocycles. The maximum Gasteiger partial charge on any atom is 0.193 e. The van der Waals surface area contributed by atoms with Crippen molar-refractivity contribution in [3.8, 4) is 0 Å². The lowest BCUT2D eigenvalue weighted by molar-refractivity contribution is 0.506. The second-order valence-electron chi connectivity index (χ2n) is 0.920. The van der Waals surface area contributed by atoms with Crippen molar-refractivity contribution in [1.29, 1.82) is 0 Å². The van der Waals surface area contributed by atoms with Gasteiger partial charge in [0.1, 0.15) is 5.94 Å². The number of hydrogen-bond donors (Lipinski definition) is 1. The summed E-state index contributed by atoms with van der Waals surface area (Å²) in [5.41, 5.74) is 0. The van der Waals surface area contributed by atoms with Crippen molar-refractivity contribution in [3.63, 3.8) is 0 Å². The molecule has 0 bridgehead atoms. The van der Waals surface area contributed by atoms with Gasteiger partial charge in [-0.1, -0.05) is 0 Å². The summed E-state index contributed by atoms with van der Waals surface area (Å²) in [6, 6.07) is 0. The van der Waals surface area contributed by atoms with Gasteiger partial charge in [0, 0.05) is 6.08 Å². The average molecular weight is 120 g/mol. The Bertz CT molecular complexity index is 113. The lowest BCUT2D eigenvalue weighted by Crippen LogP contribution is -1.65. The van der Waals surface area contributed by atoms with E-state index in [0.717, 1.165) is 6.08 Å². The molecule has 3 nitrogen and oxygen atoms in total. The van der Waals surface area contributed by atoms with Crippen LogP contribution >= 0.6 is 8.03 Å². The molecule has 40 valence electrons. The number of rotatable bonds is 2. The zero-order chi connectivity index (χ0) is 5.70. The lowest BCUT2D eigenvalue weighted by Gasteiger charge is -1.76. The van der Waals surface area contributed by atoms with E-state index < -0.39 is 8.03 Å². The Morgan fingerprint density at radius 3 is 2.57 bits per heavy atom. The Balaban J connectivity index is 3.32. The van der Waals surface area contributed by atoms with Crippen LogP contribution in [-0.4, -0.2) is 17.0 Å². The molecule has 0 aromatic heterocycles. The minimum absolute atomic E-state index is 0.0475. The Labute approximate surface area is 41.5 Å². The van der Waals surface area contributed by atoms with Crippen molar-refractivity contribution in [1.82, 2.24) is 0 Å². The smallest absolute Gasteiger partial charge is 0.193 e. The summed E-state index contributed by atoms with van der Waals surface area (Å²) in [7, 11) is -2.47. The van der Waals surface area contributed by atoms with Gasteiger partial charge in [0.15, 0.2) is 8.03 Å². The third-order valence-electron chi connectivity index (χ3n) is 0.360.